The number of rotatable bonds is 2. The van der Waals surface area contributed by atoms with Crippen molar-refractivity contribution in [2.75, 3.05) is 0 Å². The van der Waals surface area contributed by atoms with Crippen LogP contribution in [-0.2, 0) is 11.2 Å². The lowest BCUT2D eigenvalue weighted by molar-refractivity contribution is 0.565. The van der Waals surface area contributed by atoms with E-state index in [0.717, 1.165) is 17.7 Å². The van der Waals surface area contributed by atoms with E-state index in [1.165, 1.54) is 6.08 Å². The van der Waals surface area contributed by atoms with Gasteiger partial charge < -0.3 is 0 Å². The molecule has 1 aromatic rings. The van der Waals surface area contributed by atoms with E-state index in [9.17, 15) is 4.79 Å². The molecule has 0 N–H and O–H groups in total. The third kappa shape index (κ3) is 1.77. The molecule has 62 valence electrons. The van der Waals surface area contributed by atoms with Crippen LogP contribution in [0, 0.1) is 6.92 Å². The summed E-state index contributed by atoms with van der Waals surface area (Å²) in [6.07, 6.45) is 3.96. The van der Waals surface area contributed by atoms with Crippen molar-refractivity contribution >= 4 is 11.8 Å². The molecule has 0 bridgehead atoms. The largest absolute Gasteiger partial charge is 0.259 e. The fraction of sp³-hybridized carbons (Fsp3) is 0.333. The summed E-state index contributed by atoms with van der Waals surface area (Å²) in [6.45, 7) is 3.99. The number of hydrogen-bond donors (Lipinski definition) is 0. The summed E-state index contributed by atoms with van der Waals surface area (Å²) in [5.41, 5.74) is 2.67. The number of aryl methyl sites for hydroxylation is 2. The molecule has 1 rings (SSSR count). The zero-order valence-corrected chi connectivity index (χ0v) is 7.16. The van der Waals surface area contributed by atoms with Crippen molar-refractivity contribution in [1.29, 1.82) is 0 Å². The Kier molecular flexibility index (Phi) is 2.72. The molecule has 0 fully saturated rings. The smallest absolute Gasteiger partial charge is 0.240 e. The maximum atomic E-state index is 9.92. The Hall–Kier alpha value is -1.47. The van der Waals surface area contributed by atoms with E-state index in [1.807, 2.05) is 19.9 Å². The van der Waals surface area contributed by atoms with Gasteiger partial charge in [-0.05, 0) is 25.0 Å². The summed E-state index contributed by atoms with van der Waals surface area (Å²) in [6, 6.07) is 1.83. The first kappa shape index (κ1) is 8.62. The highest BCUT2D eigenvalue weighted by Crippen LogP contribution is 2.14. The topological polar surface area (TPSA) is 42.3 Å². The summed E-state index contributed by atoms with van der Waals surface area (Å²) >= 11 is 0. The van der Waals surface area contributed by atoms with E-state index in [4.69, 9.17) is 0 Å². The van der Waals surface area contributed by atoms with Gasteiger partial charge in [-0.15, -0.1) is 0 Å². The highest BCUT2D eigenvalue weighted by atomic mass is 16.1. The second-order valence-corrected chi connectivity index (χ2v) is 2.51. The standard InChI is InChI=1S/C9H10N2O/c1-3-9-7(2)4-8(5-10-9)11-6-12/h4-5H,3H2,1-2H3. The zero-order chi connectivity index (χ0) is 8.97. The van der Waals surface area contributed by atoms with Crippen molar-refractivity contribution in [3.8, 4) is 0 Å². The predicted molar refractivity (Wildman–Crippen MR) is 46.1 cm³/mol. The van der Waals surface area contributed by atoms with E-state index < -0.39 is 0 Å². The van der Waals surface area contributed by atoms with Gasteiger partial charge in [-0.1, -0.05) is 6.92 Å². The first-order valence-corrected chi connectivity index (χ1v) is 3.81. The quantitative estimate of drug-likeness (QED) is 0.492. The Balaban J connectivity index is 3.09. The van der Waals surface area contributed by atoms with Gasteiger partial charge in [0.1, 0.15) is 0 Å². The van der Waals surface area contributed by atoms with Gasteiger partial charge in [0.05, 0.1) is 11.9 Å². The molecule has 0 spiro atoms. The van der Waals surface area contributed by atoms with Crippen molar-refractivity contribution in [3.63, 3.8) is 0 Å². The lowest BCUT2D eigenvalue weighted by atomic mass is 10.2. The maximum absolute atomic E-state index is 9.92. The molecule has 0 saturated carbocycles. The second-order valence-electron chi connectivity index (χ2n) is 2.51. The van der Waals surface area contributed by atoms with Crippen molar-refractivity contribution in [2.45, 2.75) is 20.3 Å². The first-order valence-electron chi connectivity index (χ1n) is 3.81. The molecule has 0 aromatic carbocycles. The Morgan fingerprint density at radius 3 is 2.92 bits per heavy atom. The Morgan fingerprint density at radius 2 is 2.42 bits per heavy atom. The number of aliphatic imine (C=N–C) groups is 1. The van der Waals surface area contributed by atoms with Crippen LogP contribution >= 0.6 is 0 Å². The minimum Gasteiger partial charge on any atom is -0.259 e. The summed E-state index contributed by atoms with van der Waals surface area (Å²) in [4.78, 5) is 17.5. The third-order valence-electron chi connectivity index (χ3n) is 1.68. The van der Waals surface area contributed by atoms with Gasteiger partial charge in [-0.2, -0.15) is 4.99 Å². The lowest BCUT2D eigenvalue weighted by Crippen LogP contribution is -1.89. The average molecular weight is 162 g/mol. The van der Waals surface area contributed by atoms with Gasteiger partial charge in [0.15, 0.2) is 0 Å². The van der Waals surface area contributed by atoms with Crippen LogP contribution in [0.15, 0.2) is 17.3 Å². The van der Waals surface area contributed by atoms with Crippen LogP contribution in [-0.4, -0.2) is 11.1 Å². The van der Waals surface area contributed by atoms with Crippen LogP contribution in [0.3, 0.4) is 0 Å². The lowest BCUT2D eigenvalue weighted by Gasteiger charge is -2.00. The number of carbonyl (C=O) groups excluding carboxylic acids is 1. The number of isocyanates is 1. The third-order valence-corrected chi connectivity index (χ3v) is 1.68. The Bertz CT molecular complexity index is 327. The normalized spacial score (nSPS) is 9.17. The van der Waals surface area contributed by atoms with E-state index in [-0.39, 0.29) is 0 Å². The second kappa shape index (κ2) is 3.79. The molecule has 3 heteroatoms. The molecular formula is C9H10N2O. The molecule has 1 aromatic heterocycles. The van der Waals surface area contributed by atoms with E-state index in [1.54, 1.807) is 6.20 Å². The highest BCUT2D eigenvalue weighted by Gasteiger charge is 1.97. The number of aromatic nitrogens is 1. The van der Waals surface area contributed by atoms with Gasteiger partial charge >= 0.3 is 0 Å². The van der Waals surface area contributed by atoms with Crippen LogP contribution in [0.4, 0.5) is 5.69 Å². The summed E-state index contributed by atoms with van der Waals surface area (Å²) in [5.74, 6) is 0. The molecule has 1 heterocycles. The zero-order valence-electron chi connectivity index (χ0n) is 7.16. The molecule has 3 nitrogen and oxygen atoms in total. The molecule has 0 atom stereocenters. The maximum Gasteiger partial charge on any atom is 0.240 e. The van der Waals surface area contributed by atoms with Crippen LogP contribution in [0.25, 0.3) is 0 Å². The molecule has 0 aliphatic heterocycles. The van der Waals surface area contributed by atoms with E-state index >= 15 is 0 Å². The molecule has 0 aliphatic rings. The molecule has 0 radical (unpaired) electrons. The molecular weight excluding hydrogens is 152 g/mol. The highest BCUT2D eigenvalue weighted by molar-refractivity contribution is 5.48. The average Bonchev–Trinajstić information content (AvgIpc) is 2.05. The molecule has 0 amide bonds. The van der Waals surface area contributed by atoms with Gasteiger partial charge in [-0.3, -0.25) is 4.98 Å². The van der Waals surface area contributed by atoms with Crippen LogP contribution < -0.4 is 0 Å². The van der Waals surface area contributed by atoms with Crippen molar-refractivity contribution in [1.82, 2.24) is 4.98 Å². The fourth-order valence-electron chi connectivity index (χ4n) is 1.07. The fourth-order valence-corrected chi connectivity index (χ4v) is 1.07. The van der Waals surface area contributed by atoms with Crippen molar-refractivity contribution < 1.29 is 4.79 Å². The monoisotopic (exact) mass is 162 g/mol. The van der Waals surface area contributed by atoms with E-state index in [2.05, 4.69) is 9.98 Å². The molecule has 0 saturated heterocycles. The molecule has 0 unspecified atom stereocenters. The van der Waals surface area contributed by atoms with Crippen LogP contribution in [0.5, 0.6) is 0 Å². The van der Waals surface area contributed by atoms with Crippen LogP contribution in [0.1, 0.15) is 18.2 Å². The number of pyridine rings is 1. The number of nitrogens with zero attached hydrogens (tertiary/aromatic N) is 2. The van der Waals surface area contributed by atoms with E-state index in [0.29, 0.717) is 5.69 Å². The minimum absolute atomic E-state index is 0.569. The molecule has 0 aliphatic carbocycles. The Labute approximate surface area is 71.2 Å². The van der Waals surface area contributed by atoms with Gasteiger partial charge in [0.2, 0.25) is 6.08 Å². The Morgan fingerprint density at radius 1 is 1.67 bits per heavy atom. The SMILES string of the molecule is CCc1ncc(N=C=O)cc1C. The summed E-state index contributed by atoms with van der Waals surface area (Å²) < 4.78 is 0. The summed E-state index contributed by atoms with van der Waals surface area (Å²) in [5, 5.41) is 0. The minimum atomic E-state index is 0.569. The number of hydrogen-bond acceptors (Lipinski definition) is 3. The van der Waals surface area contributed by atoms with Gasteiger partial charge in [0.25, 0.3) is 0 Å². The molecule has 12 heavy (non-hydrogen) atoms. The van der Waals surface area contributed by atoms with Gasteiger partial charge in [0, 0.05) is 5.69 Å². The van der Waals surface area contributed by atoms with Gasteiger partial charge in [-0.25, -0.2) is 4.79 Å². The summed E-state index contributed by atoms with van der Waals surface area (Å²) in [7, 11) is 0. The predicted octanol–water partition coefficient (Wildman–Crippen LogP) is 1.92. The van der Waals surface area contributed by atoms with Crippen molar-refractivity contribution in [2.24, 2.45) is 4.99 Å². The van der Waals surface area contributed by atoms with Crippen molar-refractivity contribution in [3.05, 3.63) is 23.5 Å². The first-order chi connectivity index (χ1) is 5.77. The van der Waals surface area contributed by atoms with Crippen LogP contribution in [0.2, 0.25) is 0 Å².